The summed E-state index contributed by atoms with van der Waals surface area (Å²) in [6, 6.07) is 6.29. The Morgan fingerprint density at radius 2 is 2.22 bits per heavy atom. The van der Waals surface area contributed by atoms with Crippen LogP contribution in [0.1, 0.15) is 23.4 Å². The van der Waals surface area contributed by atoms with E-state index >= 15 is 0 Å². The van der Waals surface area contributed by atoms with Gasteiger partial charge in [-0.3, -0.25) is 0 Å². The minimum Gasteiger partial charge on any atom is -0.496 e. The first kappa shape index (κ1) is 13.4. The monoisotopic (exact) mass is 326 g/mol. The topological polar surface area (TPSA) is 34.1 Å². The smallest absolute Gasteiger partial charge is 0.183 e. The second-order valence-electron chi connectivity index (χ2n) is 4.04. The summed E-state index contributed by atoms with van der Waals surface area (Å²) in [5.41, 5.74) is 1.19. The molecule has 0 amide bonds. The van der Waals surface area contributed by atoms with E-state index in [0.717, 1.165) is 15.4 Å². The number of methoxy groups -OCH3 is 1. The fourth-order valence-corrected chi connectivity index (χ4v) is 2.95. The Labute approximate surface area is 119 Å². The van der Waals surface area contributed by atoms with Gasteiger partial charge in [-0.2, -0.15) is 0 Å². The van der Waals surface area contributed by atoms with E-state index in [2.05, 4.69) is 52.2 Å². The van der Waals surface area contributed by atoms with Crippen molar-refractivity contribution in [3.05, 3.63) is 39.3 Å². The summed E-state index contributed by atoms with van der Waals surface area (Å²) in [6.07, 6.45) is 1.88. The van der Waals surface area contributed by atoms with Crippen LogP contribution < -0.4 is 10.1 Å². The minimum atomic E-state index is 0.206. The van der Waals surface area contributed by atoms with Crippen molar-refractivity contribution in [1.29, 1.82) is 0 Å². The lowest BCUT2D eigenvalue weighted by molar-refractivity contribution is 0.412. The standard InChI is InChI=1S/C13H15BrN2OS/c1-8-7-15-13(18-8)16-9(2)10-4-5-12(17-3)11(14)6-10/h4-7,9H,1-3H3,(H,15,16). The molecule has 0 fully saturated rings. The molecule has 1 aromatic heterocycles. The molecule has 0 bridgehead atoms. The number of aromatic nitrogens is 1. The van der Waals surface area contributed by atoms with Crippen molar-refractivity contribution >= 4 is 32.4 Å². The largest absolute Gasteiger partial charge is 0.496 e. The third-order valence-electron chi connectivity index (χ3n) is 2.64. The van der Waals surface area contributed by atoms with Crippen molar-refractivity contribution in [2.24, 2.45) is 0 Å². The molecule has 1 atom stereocenters. The van der Waals surface area contributed by atoms with Crippen LogP contribution in [0.15, 0.2) is 28.9 Å². The van der Waals surface area contributed by atoms with E-state index < -0.39 is 0 Å². The molecule has 1 unspecified atom stereocenters. The molecule has 96 valence electrons. The molecule has 1 aromatic carbocycles. The molecule has 3 nitrogen and oxygen atoms in total. The molecule has 2 rings (SSSR count). The van der Waals surface area contributed by atoms with Crippen LogP contribution in [0.3, 0.4) is 0 Å². The Balaban J connectivity index is 2.13. The van der Waals surface area contributed by atoms with Gasteiger partial charge in [0.2, 0.25) is 0 Å². The van der Waals surface area contributed by atoms with Crippen LogP contribution in [-0.4, -0.2) is 12.1 Å². The molecule has 0 saturated heterocycles. The number of nitrogens with zero attached hydrogens (tertiary/aromatic N) is 1. The number of ether oxygens (including phenoxy) is 1. The third kappa shape index (κ3) is 3.03. The Bertz CT molecular complexity index is 542. The van der Waals surface area contributed by atoms with Gasteiger partial charge in [0, 0.05) is 11.1 Å². The van der Waals surface area contributed by atoms with Gasteiger partial charge in [0.15, 0.2) is 5.13 Å². The quantitative estimate of drug-likeness (QED) is 0.904. The van der Waals surface area contributed by atoms with Gasteiger partial charge in [-0.15, -0.1) is 11.3 Å². The Hall–Kier alpha value is -1.07. The number of halogens is 1. The highest BCUT2D eigenvalue weighted by Crippen LogP contribution is 2.30. The van der Waals surface area contributed by atoms with E-state index in [1.807, 2.05) is 12.3 Å². The predicted molar refractivity (Wildman–Crippen MR) is 79.6 cm³/mol. The van der Waals surface area contributed by atoms with Gasteiger partial charge in [-0.25, -0.2) is 4.98 Å². The molecule has 0 aliphatic carbocycles. The van der Waals surface area contributed by atoms with Crippen molar-refractivity contribution in [3.63, 3.8) is 0 Å². The number of hydrogen-bond donors (Lipinski definition) is 1. The highest BCUT2D eigenvalue weighted by molar-refractivity contribution is 9.10. The first-order valence-electron chi connectivity index (χ1n) is 5.62. The molecule has 18 heavy (non-hydrogen) atoms. The molecule has 0 aliphatic rings. The van der Waals surface area contributed by atoms with Crippen LogP contribution >= 0.6 is 27.3 Å². The van der Waals surface area contributed by atoms with Gasteiger partial charge in [0.05, 0.1) is 17.6 Å². The van der Waals surface area contributed by atoms with E-state index in [0.29, 0.717) is 0 Å². The number of aryl methyl sites for hydroxylation is 1. The fraction of sp³-hybridized carbons (Fsp3) is 0.308. The van der Waals surface area contributed by atoms with Crippen molar-refractivity contribution in [3.8, 4) is 5.75 Å². The summed E-state index contributed by atoms with van der Waals surface area (Å²) in [7, 11) is 1.67. The van der Waals surface area contributed by atoms with Crippen LogP contribution in [0.2, 0.25) is 0 Å². The molecular weight excluding hydrogens is 312 g/mol. The fourth-order valence-electron chi connectivity index (χ4n) is 1.64. The van der Waals surface area contributed by atoms with E-state index in [1.54, 1.807) is 18.4 Å². The maximum absolute atomic E-state index is 5.22. The molecule has 0 saturated carbocycles. The molecular formula is C13H15BrN2OS. The van der Waals surface area contributed by atoms with E-state index in [4.69, 9.17) is 4.74 Å². The van der Waals surface area contributed by atoms with E-state index in [9.17, 15) is 0 Å². The first-order valence-corrected chi connectivity index (χ1v) is 7.23. The van der Waals surface area contributed by atoms with Crippen LogP contribution in [0.25, 0.3) is 0 Å². The molecule has 0 radical (unpaired) electrons. The molecule has 1 heterocycles. The Morgan fingerprint density at radius 3 is 2.78 bits per heavy atom. The Morgan fingerprint density at radius 1 is 1.44 bits per heavy atom. The van der Waals surface area contributed by atoms with Gasteiger partial charge in [-0.1, -0.05) is 6.07 Å². The van der Waals surface area contributed by atoms with Crippen molar-refractivity contribution in [2.45, 2.75) is 19.9 Å². The van der Waals surface area contributed by atoms with Gasteiger partial charge in [0.1, 0.15) is 5.75 Å². The van der Waals surface area contributed by atoms with Crippen molar-refractivity contribution < 1.29 is 4.74 Å². The van der Waals surface area contributed by atoms with Gasteiger partial charge < -0.3 is 10.1 Å². The number of hydrogen-bond acceptors (Lipinski definition) is 4. The summed E-state index contributed by atoms with van der Waals surface area (Å²) in [5, 5.41) is 4.34. The summed E-state index contributed by atoms with van der Waals surface area (Å²) in [5.74, 6) is 0.844. The van der Waals surface area contributed by atoms with Gasteiger partial charge >= 0.3 is 0 Å². The van der Waals surface area contributed by atoms with Gasteiger partial charge in [0.25, 0.3) is 0 Å². The van der Waals surface area contributed by atoms with Crippen LogP contribution in [0.5, 0.6) is 5.75 Å². The molecule has 5 heteroatoms. The molecule has 0 aliphatic heterocycles. The second kappa shape index (κ2) is 5.71. The number of benzene rings is 1. The zero-order valence-electron chi connectivity index (χ0n) is 10.5. The zero-order valence-corrected chi connectivity index (χ0v) is 12.9. The van der Waals surface area contributed by atoms with Crippen LogP contribution in [0.4, 0.5) is 5.13 Å². The number of anilines is 1. The number of nitrogens with one attached hydrogen (secondary N) is 1. The summed E-state index contributed by atoms with van der Waals surface area (Å²) >= 11 is 5.16. The highest BCUT2D eigenvalue weighted by atomic mass is 79.9. The van der Waals surface area contributed by atoms with Crippen molar-refractivity contribution in [2.75, 3.05) is 12.4 Å². The lowest BCUT2D eigenvalue weighted by atomic mass is 10.1. The third-order valence-corrected chi connectivity index (χ3v) is 4.10. The maximum atomic E-state index is 5.22. The number of thiazole rings is 1. The molecule has 0 spiro atoms. The Kier molecular flexibility index (Phi) is 4.24. The van der Waals surface area contributed by atoms with Gasteiger partial charge in [-0.05, 0) is 47.5 Å². The first-order chi connectivity index (χ1) is 8.60. The average Bonchev–Trinajstić information content (AvgIpc) is 2.74. The van der Waals surface area contributed by atoms with Crippen molar-refractivity contribution in [1.82, 2.24) is 4.98 Å². The predicted octanol–water partition coefficient (Wildman–Crippen LogP) is 4.40. The molecule has 1 N–H and O–H groups in total. The normalized spacial score (nSPS) is 12.2. The SMILES string of the molecule is COc1ccc(C(C)Nc2ncc(C)s2)cc1Br. The molecule has 2 aromatic rings. The summed E-state index contributed by atoms with van der Waals surface area (Å²) in [4.78, 5) is 5.52. The van der Waals surface area contributed by atoms with Crippen LogP contribution in [-0.2, 0) is 0 Å². The summed E-state index contributed by atoms with van der Waals surface area (Å²) < 4.78 is 6.19. The average molecular weight is 327 g/mol. The maximum Gasteiger partial charge on any atom is 0.183 e. The summed E-state index contributed by atoms with van der Waals surface area (Å²) in [6.45, 7) is 4.17. The number of rotatable bonds is 4. The zero-order chi connectivity index (χ0) is 13.1. The highest BCUT2D eigenvalue weighted by Gasteiger charge is 2.09. The van der Waals surface area contributed by atoms with E-state index in [1.165, 1.54) is 10.4 Å². The van der Waals surface area contributed by atoms with E-state index in [-0.39, 0.29) is 6.04 Å². The lowest BCUT2D eigenvalue weighted by Gasteiger charge is -2.14. The second-order valence-corrected chi connectivity index (χ2v) is 6.13. The minimum absolute atomic E-state index is 0.206. The van der Waals surface area contributed by atoms with Crippen LogP contribution in [0, 0.1) is 6.92 Å². The lowest BCUT2D eigenvalue weighted by Crippen LogP contribution is -2.06.